The highest BCUT2D eigenvalue weighted by atomic mass is 16.6. The van der Waals surface area contributed by atoms with Gasteiger partial charge < -0.3 is 9.64 Å². The fraction of sp³-hybridized carbons (Fsp3) is 0.929. The van der Waals surface area contributed by atoms with Crippen LogP contribution in [0.2, 0.25) is 0 Å². The van der Waals surface area contributed by atoms with Gasteiger partial charge in [0.25, 0.3) is 0 Å². The highest BCUT2D eigenvalue weighted by Crippen LogP contribution is 2.48. The molecule has 3 heteroatoms. The van der Waals surface area contributed by atoms with Gasteiger partial charge in [-0.2, -0.15) is 0 Å². The second-order valence-corrected chi connectivity index (χ2v) is 6.17. The minimum atomic E-state index is -0.133. The fourth-order valence-corrected chi connectivity index (χ4v) is 2.74. The number of hydrogen-bond acceptors (Lipinski definition) is 2. The third kappa shape index (κ3) is 2.93. The van der Waals surface area contributed by atoms with Crippen LogP contribution < -0.4 is 0 Å². The van der Waals surface area contributed by atoms with Crippen molar-refractivity contribution in [2.45, 2.75) is 53.9 Å². The molecule has 1 heterocycles. The van der Waals surface area contributed by atoms with Gasteiger partial charge >= 0.3 is 6.09 Å². The van der Waals surface area contributed by atoms with Crippen molar-refractivity contribution in [2.24, 2.45) is 10.8 Å². The van der Waals surface area contributed by atoms with Crippen molar-refractivity contribution in [3.05, 3.63) is 0 Å². The Morgan fingerprint density at radius 2 is 2.00 bits per heavy atom. The van der Waals surface area contributed by atoms with Gasteiger partial charge in [0.15, 0.2) is 0 Å². The lowest BCUT2D eigenvalue weighted by molar-refractivity contribution is 0.0737. The largest absolute Gasteiger partial charge is 0.449 e. The van der Waals surface area contributed by atoms with Gasteiger partial charge in [0.1, 0.15) is 0 Å². The highest BCUT2D eigenvalue weighted by molar-refractivity contribution is 5.68. The summed E-state index contributed by atoms with van der Waals surface area (Å²) in [5.74, 6) is 0. The molecule has 1 atom stereocenters. The summed E-state index contributed by atoms with van der Waals surface area (Å²) in [5, 5.41) is 0. The number of carbonyl (C=O) groups excluding carboxylic acids is 1. The van der Waals surface area contributed by atoms with Crippen LogP contribution in [-0.2, 0) is 4.74 Å². The van der Waals surface area contributed by atoms with Crippen LogP contribution in [-0.4, -0.2) is 30.7 Å². The van der Waals surface area contributed by atoms with Gasteiger partial charge in [-0.3, -0.25) is 0 Å². The molecule has 1 unspecified atom stereocenters. The quantitative estimate of drug-likeness (QED) is 0.754. The summed E-state index contributed by atoms with van der Waals surface area (Å²) in [6, 6.07) is 0. The van der Waals surface area contributed by atoms with Crippen molar-refractivity contribution in [3.63, 3.8) is 0 Å². The third-order valence-corrected chi connectivity index (χ3v) is 4.31. The van der Waals surface area contributed by atoms with Gasteiger partial charge in [-0.05, 0) is 30.1 Å². The molecular weight excluding hydrogens is 214 g/mol. The minimum Gasteiger partial charge on any atom is -0.449 e. The summed E-state index contributed by atoms with van der Waals surface area (Å²) < 4.78 is 5.21. The van der Waals surface area contributed by atoms with Crippen LogP contribution in [0.5, 0.6) is 0 Å². The molecule has 0 aromatic rings. The Bertz CT molecular complexity index is 270. The number of ether oxygens (including phenoxy) is 1. The Morgan fingerprint density at radius 3 is 2.41 bits per heavy atom. The van der Waals surface area contributed by atoms with Crippen molar-refractivity contribution >= 4 is 6.09 Å². The number of likely N-dealkylation sites (tertiary alicyclic amines) is 1. The van der Waals surface area contributed by atoms with E-state index in [1.807, 2.05) is 11.8 Å². The van der Waals surface area contributed by atoms with E-state index in [1.54, 1.807) is 0 Å². The normalized spacial score (nSPS) is 25.1. The number of carbonyl (C=O) groups is 1. The van der Waals surface area contributed by atoms with Gasteiger partial charge in [-0.25, -0.2) is 4.79 Å². The summed E-state index contributed by atoms with van der Waals surface area (Å²) in [7, 11) is 0. The molecule has 0 N–H and O–H groups in total. The zero-order valence-corrected chi connectivity index (χ0v) is 12.0. The van der Waals surface area contributed by atoms with E-state index in [2.05, 4.69) is 27.7 Å². The monoisotopic (exact) mass is 241 g/mol. The molecule has 0 aromatic carbocycles. The van der Waals surface area contributed by atoms with E-state index in [0.717, 1.165) is 32.4 Å². The number of nitrogens with zero attached hydrogens (tertiary/aromatic N) is 1. The topological polar surface area (TPSA) is 29.5 Å². The smallest absolute Gasteiger partial charge is 0.409 e. The molecule has 0 aromatic heterocycles. The zero-order chi connectivity index (χ0) is 13.1. The first-order valence-electron chi connectivity index (χ1n) is 6.78. The summed E-state index contributed by atoms with van der Waals surface area (Å²) in [6.07, 6.45) is 2.96. The predicted molar refractivity (Wildman–Crippen MR) is 70.0 cm³/mol. The van der Waals surface area contributed by atoms with Gasteiger partial charge in [0.2, 0.25) is 0 Å². The number of hydrogen-bond donors (Lipinski definition) is 0. The Hall–Kier alpha value is -0.730. The lowest BCUT2D eigenvalue weighted by atomic mass is 9.64. The molecule has 1 aliphatic rings. The molecule has 0 spiro atoms. The molecule has 0 aliphatic carbocycles. The molecule has 0 radical (unpaired) electrons. The maximum Gasteiger partial charge on any atom is 0.409 e. The number of rotatable bonds is 3. The van der Waals surface area contributed by atoms with E-state index in [9.17, 15) is 4.79 Å². The first-order chi connectivity index (χ1) is 7.86. The van der Waals surface area contributed by atoms with Crippen molar-refractivity contribution in [1.29, 1.82) is 0 Å². The van der Waals surface area contributed by atoms with Crippen molar-refractivity contribution < 1.29 is 9.53 Å². The molecule has 1 amide bonds. The molecule has 17 heavy (non-hydrogen) atoms. The van der Waals surface area contributed by atoms with E-state index < -0.39 is 0 Å². The highest BCUT2D eigenvalue weighted by Gasteiger charge is 2.46. The second-order valence-electron chi connectivity index (χ2n) is 6.17. The maximum absolute atomic E-state index is 11.8. The SMILES string of the molecule is CCCOC(=O)N1CCC(CC)(C(C)(C)C)C1. The number of amides is 1. The van der Waals surface area contributed by atoms with Gasteiger partial charge in [0, 0.05) is 13.1 Å². The van der Waals surface area contributed by atoms with E-state index in [1.165, 1.54) is 0 Å². The van der Waals surface area contributed by atoms with E-state index >= 15 is 0 Å². The fourth-order valence-electron chi connectivity index (χ4n) is 2.74. The van der Waals surface area contributed by atoms with Crippen LogP contribution in [0.4, 0.5) is 4.79 Å². The Labute approximate surface area is 106 Å². The summed E-state index contributed by atoms with van der Waals surface area (Å²) >= 11 is 0. The van der Waals surface area contributed by atoms with Crippen molar-refractivity contribution in [2.75, 3.05) is 19.7 Å². The molecule has 1 fully saturated rings. The van der Waals surface area contributed by atoms with Gasteiger partial charge in [-0.1, -0.05) is 34.6 Å². The van der Waals surface area contributed by atoms with Crippen LogP contribution in [0.3, 0.4) is 0 Å². The molecule has 1 rings (SSSR count). The summed E-state index contributed by atoms with van der Waals surface area (Å²) in [6.45, 7) is 13.3. The Kier molecular flexibility index (Phi) is 4.45. The Morgan fingerprint density at radius 1 is 1.35 bits per heavy atom. The van der Waals surface area contributed by atoms with Crippen LogP contribution in [0.25, 0.3) is 0 Å². The molecule has 100 valence electrons. The van der Waals surface area contributed by atoms with Crippen molar-refractivity contribution in [3.8, 4) is 0 Å². The van der Waals surface area contributed by atoms with E-state index in [-0.39, 0.29) is 16.9 Å². The lowest BCUT2D eigenvalue weighted by Gasteiger charge is -2.41. The van der Waals surface area contributed by atoms with Crippen LogP contribution in [0.1, 0.15) is 53.9 Å². The van der Waals surface area contributed by atoms with Gasteiger partial charge in [0.05, 0.1) is 6.61 Å². The van der Waals surface area contributed by atoms with Crippen molar-refractivity contribution in [1.82, 2.24) is 4.90 Å². The van der Waals surface area contributed by atoms with Gasteiger partial charge in [-0.15, -0.1) is 0 Å². The first-order valence-corrected chi connectivity index (χ1v) is 6.78. The molecule has 3 nitrogen and oxygen atoms in total. The van der Waals surface area contributed by atoms with Crippen LogP contribution >= 0.6 is 0 Å². The summed E-state index contributed by atoms with van der Waals surface area (Å²) in [4.78, 5) is 13.7. The molecule has 0 saturated carbocycles. The first kappa shape index (κ1) is 14.3. The van der Waals surface area contributed by atoms with Crippen LogP contribution in [0.15, 0.2) is 0 Å². The molecule has 1 saturated heterocycles. The third-order valence-electron chi connectivity index (χ3n) is 4.31. The molecule has 0 bridgehead atoms. The standard InChI is InChI=1S/C14H27NO2/c1-6-10-17-12(16)15-9-8-14(7-2,11-15)13(3,4)5/h6-11H2,1-5H3. The summed E-state index contributed by atoms with van der Waals surface area (Å²) in [5.41, 5.74) is 0.486. The predicted octanol–water partition coefficient (Wildman–Crippen LogP) is 3.68. The molecular formula is C14H27NO2. The minimum absolute atomic E-state index is 0.133. The van der Waals surface area contributed by atoms with E-state index in [4.69, 9.17) is 4.74 Å². The lowest BCUT2D eigenvalue weighted by Crippen LogP contribution is -2.39. The van der Waals surface area contributed by atoms with Crippen LogP contribution in [0, 0.1) is 10.8 Å². The Balaban J connectivity index is 2.64. The average molecular weight is 241 g/mol. The molecule has 1 aliphatic heterocycles. The van der Waals surface area contributed by atoms with E-state index in [0.29, 0.717) is 6.61 Å². The average Bonchev–Trinajstić information content (AvgIpc) is 2.70. The zero-order valence-electron chi connectivity index (χ0n) is 12.0. The maximum atomic E-state index is 11.8. The second kappa shape index (κ2) is 5.28.